The van der Waals surface area contributed by atoms with Gasteiger partial charge in [-0.15, -0.1) is 0 Å². The smallest absolute Gasteiger partial charge is 0.267 e. The predicted molar refractivity (Wildman–Crippen MR) is 109 cm³/mol. The van der Waals surface area contributed by atoms with Crippen molar-refractivity contribution in [2.45, 2.75) is 4.90 Å². The number of nitrogens with one attached hydrogen (secondary N) is 1. The molecule has 2 aromatic carbocycles. The highest BCUT2D eigenvalue weighted by molar-refractivity contribution is 7.89. The molecule has 0 bridgehead atoms. The number of benzene rings is 2. The lowest BCUT2D eigenvalue weighted by Crippen LogP contribution is -2.48. The molecule has 0 radical (unpaired) electrons. The molecule has 1 aliphatic heterocycles. The molecule has 2 aromatic rings. The molecule has 3 rings (SSSR count). The van der Waals surface area contributed by atoms with Gasteiger partial charge in [-0.1, -0.05) is 24.3 Å². The molecule has 1 amide bonds. The van der Waals surface area contributed by atoms with Crippen LogP contribution in [0.4, 0.5) is 5.69 Å². The third kappa shape index (κ3) is 4.76. The minimum absolute atomic E-state index is 0.162. The second kappa shape index (κ2) is 9.08. The molecule has 1 heterocycles. The summed E-state index contributed by atoms with van der Waals surface area (Å²) in [7, 11) is -2.04. The minimum Gasteiger partial charge on any atom is -0.495 e. The topological polar surface area (TPSA) is 99.2 Å². The highest BCUT2D eigenvalue weighted by Crippen LogP contribution is 2.29. The Hall–Kier alpha value is -2.88. The highest BCUT2D eigenvalue weighted by atomic mass is 32.2. The first-order valence-electron chi connectivity index (χ1n) is 9.06. The minimum atomic E-state index is -3.66. The normalized spacial score (nSPS) is 15.4. The zero-order valence-corrected chi connectivity index (χ0v) is 16.8. The van der Waals surface area contributed by atoms with Crippen molar-refractivity contribution in [3.8, 4) is 5.75 Å². The number of para-hydroxylation sites is 2. The van der Waals surface area contributed by atoms with Crippen LogP contribution in [0.25, 0.3) is 6.08 Å². The number of hydrogen-bond donors (Lipinski definition) is 2. The molecule has 1 fully saturated rings. The molecule has 2 N–H and O–H groups in total. The Balaban J connectivity index is 1.73. The monoisotopic (exact) mass is 417 g/mol. The Bertz CT molecular complexity index is 999. The molecule has 1 saturated heterocycles. The van der Waals surface area contributed by atoms with Crippen LogP contribution in [0.1, 0.15) is 5.56 Å². The number of carbonyl (C=O) groups excluding carboxylic acids is 1. The summed E-state index contributed by atoms with van der Waals surface area (Å²) in [5.74, 6) is 0.0703. The predicted octanol–water partition coefficient (Wildman–Crippen LogP) is 1.72. The maximum absolute atomic E-state index is 13.0. The van der Waals surface area contributed by atoms with Crippen molar-refractivity contribution in [1.82, 2.24) is 9.79 Å². The van der Waals surface area contributed by atoms with E-state index in [0.717, 1.165) is 17.5 Å². The van der Waals surface area contributed by atoms with Gasteiger partial charge in [0.1, 0.15) is 5.75 Å². The van der Waals surface area contributed by atoms with Crippen molar-refractivity contribution in [3.05, 3.63) is 60.2 Å². The van der Waals surface area contributed by atoms with E-state index < -0.39 is 15.9 Å². The maximum atomic E-state index is 13.0. The van der Waals surface area contributed by atoms with Crippen molar-refractivity contribution >= 4 is 27.7 Å². The number of carbonyl (C=O) groups is 1. The van der Waals surface area contributed by atoms with E-state index in [1.165, 1.54) is 28.0 Å². The number of hydrogen-bond acceptors (Lipinski definition) is 6. The zero-order chi connectivity index (χ0) is 20.9. The summed E-state index contributed by atoms with van der Waals surface area (Å²) in [6.07, 6.45) is 2.56. The summed E-state index contributed by atoms with van der Waals surface area (Å²) >= 11 is 0. The van der Waals surface area contributed by atoms with Gasteiger partial charge < -0.3 is 9.64 Å². The molecule has 0 saturated carbocycles. The van der Waals surface area contributed by atoms with Gasteiger partial charge in [0.25, 0.3) is 5.91 Å². The molecule has 0 atom stereocenters. The second-order valence-electron chi connectivity index (χ2n) is 6.44. The molecule has 0 aliphatic carbocycles. The number of nitrogens with zero attached hydrogens (tertiary/aromatic N) is 2. The first-order chi connectivity index (χ1) is 14.0. The van der Waals surface area contributed by atoms with Crippen LogP contribution in [0, 0.1) is 0 Å². The van der Waals surface area contributed by atoms with Gasteiger partial charge >= 0.3 is 0 Å². The Labute approximate surface area is 170 Å². The summed E-state index contributed by atoms with van der Waals surface area (Å²) < 4.78 is 32.9. The number of sulfonamides is 1. The van der Waals surface area contributed by atoms with E-state index in [4.69, 9.17) is 9.94 Å². The number of methoxy groups -OCH3 is 1. The lowest BCUT2D eigenvalue weighted by Gasteiger charge is -2.36. The van der Waals surface area contributed by atoms with Gasteiger partial charge in [-0.25, -0.2) is 13.9 Å². The number of anilines is 1. The van der Waals surface area contributed by atoms with E-state index in [2.05, 4.69) is 4.90 Å². The van der Waals surface area contributed by atoms with Crippen LogP contribution in [-0.4, -0.2) is 57.1 Å². The lowest BCUT2D eigenvalue weighted by atomic mass is 10.2. The highest BCUT2D eigenvalue weighted by Gasteiger charge is 2.29. The fourth-order valence-corrected chi connectivity index (χ4v) is 4.68. The molecular weight excluding hydrogens is 394 g/mol. The van der Waals surface area contributed by atoms with Crippen molar-refractivity contribution in [2.24, 2.45) is 0 Å². The molecule has 0 unspecified atom stereocenters. The molecule has 9 heteroatoms. The lowest BCUT2D eigenvalue weighted by molar-refractivity contribution is -0.124. The van der Waals surface area contributed by atoms with Gasteiger partial charge in [-0.3, -0.25) is 10.0 Å². The van der Waals surface area contributed by atoms with Crippen LogP contribution < -0.4 is 15.1 Å². The Morgan fingerprint density at radius 1 is 1.10 bits per heavy atom. The molecule has 154 valence electrons. The number of amides is 1. The van der Waals surface area contributed by atoms with Crippen molar-refractivity contribution in [2.75, 3.05) is 38.2 Å². The van der Waals surface area contributed by atoms with Crippen LogP contribution in [-0.2, 0) is 14.8 Å². The summed E-state index contributed by atoms with van der Waals surface area (Å²) in [6, 6.07) is 14.0. The average molecular weight is 417 g/mol. The number of hydroxylamine groups is 1. The summed E-state index contributed by atoms with van der Waals surface area (Å²) in [4.78, 5) is 13.4. The largest absolute Gasteiger partial charge is 0.495 e. The van der Waals surface area contributed by atoms with Crippen LogP contribution in [0.15, 0.2) is 59.5 Å². The zero-order valence-electron chi connectivity index (χ0n) is 16.0. The molecular formula is C20H23N3O5S. The van der Waals surface area contributed by atoms with Gasteiger partial charge in [0, 0.05) is 32.3 Å². The SMILES string of the molecule is COc1ccccc1N1CCN(S(=O)(=O)c2cccc(/C=C/C(=O)NO)c2)CC1. The summed E-state index contributed by atoms with van der Waals surface area (Å²) in [5.41, 5.74) is 2.98. The standard InChI is InChI=1S/C20H23N3O5S/c1-28-19-8-3-2-7-18(19)22-11-13-23(14-12-22)29(26,27)17-6-4-5-16(15-17)9-10-20(24)21-25/h2-10,15,25H,11-14H2,1H3,(H,21,24)/b10-9+. The first-order valence-corrected chi connectivity index (χ1v) is 10.5. The molecule has 29 heavy (non-hydrogen) atoms. The van der Waals surface area contributed by atoms with Crippen LogP contribution >= 0.6 is 0 Å². The molecule has 1 aliphatic rings. The first kappa shape index (κ1) is 20.8. The van der Waals surface area contributed by atoms with Gasteiger partial charge in [0.2, 0.25) is 10.0 Å². The van der Waals surface area contributed by atoms with Crippen LogP contribution in [0.2, 0.25) is 0 Å². The number of rotatable bonds is 6. The molecule has 0 aromatic heterocycles. The third-order valence-corrected chi connectivity index (χ3v) is 6.59. The fourth-order valence-electron chi connectivity index (χ4n) is 3.20. The quantitative estimate of drug-likeness (QED) is 0.422. The Kier molecular flexibility index (Phi) is 6.53. The molecule has 0 spiro atoms. The van der Waals surface area contributed by atoms with Crippen molar-refractivity contribution < 1.29 is 23.2 Å². The number of ether oxygens (including phenoxy) is 1. The van der Waals surface area contributed by atoms with E-state index in [0.29, 0.717) is 31.7 Å². The van der Waals surface area contributed by atoms with Gasteiger partial charge in [0.15, 0.2) is 0 Å². The van der Waals surface area contributed by atoms with E-state index in [-0.39, 0.29) is 4.90 Å². The van der Waals surface area contributed by atoms with E-state index >= 15 is 0 Å². The van der Waals surface area contributed by atoms with E-state index in [1.807, 2.05) is 24.3 Å². The van der Waals surface area contributed by atoms with Crippen molar-refractivity contribution in [1.29, 1.82) is 0 Å². The average Bonchev–Trinajstić information content (AvgIpc) is 2.77. The van der Waals surface area contributed by atoms with Crippen molar-refractivity contribution in [3.63, 3.8) is 0 Å². The van der Waals surface area contributed by atoms with Crippen LogP contribution in [0.3, 0.4) is 0 Å². The maximum Gasteiger partial charge on any atom is 0.267 e. The summed E-state index contributed by atoms with van der Waals surface area (Å²) in [6.45, 7) is 1.81. The second-order valence-corrected chi connectivity index (χ2v) is 8.38. The third-order valence-electron chi connectivity index (χ3n) is 4.70. The van der Waals surface area contributed by atoms with Gasteiger partial charge in [0.05, 0.1) is 17.7 Å². The van der Waals surface area contributed by atoms with Gasteiger partial charge in [-0.2, -0.15) is 4.31 Å². The Morgan fingerprint density at radius 3 is 2.52 bits per heavy atom. The van der Waals surface area contributed by atoms with Crippen LogP contribution in [0.5, 0.6) is 5.75 Å². The van der Waals surface area contributed by atoms with E-state index in [1.54, 1.807) is 19.2 Å². The summed E-state index contributed by atoms with van der Waals surface area (Å²) in [5, 5.41) is 8.54. The van der Waals surface area contributed by atoms with Gasteiger partial charge in [-0.05, 0) is 35.9 Å². The van der Waals surface area contributed by atoms with E-state index in [9.17, 15) is 13.2 Å². The fraction of sp³-hybridized carbons (Fsp3) is 0.250. The molecule has 8 nitrogen and oxygen atoms in total. The number of piperazine rings is 1. The Morgan fingerprint density at radius 2 is 1.83 bits per heavy atom.